The highest BCUT2D eigenvalue weighted by Crippen LogP contribution is 2.26. The van der Waals surface area contributed by atoms with Crippen molar-refractivity contribution in [3.8, 4) is 5.75 Å². The lowest BCUT2D eigenvalue weighted by molar-refractivity contribution is -0.606. The number of hydrogen-bond donors (Lipinski definition) is 0. The van der Waals surface area contributed by atoms with Crippen LogP contribution in [0, 0.1) is 5.21 Å². The second-order valence-electron chi connectivity index (χ2n) is 2.87. The summed E-state index contributed by atoms with van der Waals surface area (Å²) in [6.45, 7) is 0. The molecule has 1 aromatic rings. The van der Waals surface area contributed by atoms with Crippen LogP contribution in [0.4, 0.5) is 0 Å². The molecule has 0 amide bonds. The molecule has 0 unspecified atom stereocenters. The summed E-state index contributed by atoms with van der Waals surface area (Å²) in [5, 5.41) is 10.9. The van der Waals surface area contributed by atoms with Crippen molar-refractivity contribution in [3.63, 3.8) is 0 Å². The first-order chi connectivity index (χ1) is 5.74. The van der Waals surface area contributed by atoms with Crippen molar-refractivity contribution in [2.75, 3.05) is 0 Å². The average molecular weight is 230 g/mol. The molecule has 1 aliphatic rings. The molecule has 0 saturated heterocycles. The Hall–Kier alpha value is -0.770. The zero-order chi connectivity index (χ0) is 8.55. The highest BCUT2D eigenvalue weighted by molar-refractivity contribution is 9.10. The molecule has 0 radical (unpaired) electrons. The number of halogens is 1. The molecule has 1 fully saturated rings. The Morgan fingerprint density at radius 1 is 1.50 bits per heavy atom. The Labute approximate surface area is 78.7 Å². The van der Waals surface area contributed by atoms with Crippen molar-refractivity contribution in [2.24, 2.45) is 0 Å². The summed E-state index contributed by atoms with van der Waals surface area (Å²) >= 11 is 3.22. The van der Waals surface area contributed by atoms with Gasteiger partial charge in [0.1, 0.15) is 0 Å². The van der Waals surface area contributed by atoms with Crippen molar-refractivity contribution in [3.05, 3.63) is 28.1 Å². The second kappa shape index (κ2) is 2.94. The maximum absolute atomic E-state index is 10.9. The fraction of sp³-hybridized carbons (Fsp3) is 0.375. The van der Waals surface area contributed by atoms with Crippen LogP contribution in [0.3, 0.4) is 0 Å². The molecule has 0 bridgehead atoms. The average Bonchev–Trinajstić information content (AvgIpc) is 2.68. The number of aromatic nitrogens is 1. The first-order valence-electron chi connectivity index (χ1n) is 3.80. The van der Waals surface area contributed by atoms with E-state index in [0.29, 0.717) is 11.9 Å². The molecule has 1 heterocycles. The van der Waals surface area contributed by atoms with E-state index in [1.165, 1.54) is 12.4 Å². The quantitative estimate of drug-likeness (QED) is 0.571. The minimum Gasteiger partial charge on any atom is -0.619 e. The molecule has 4 heteroatoms. The summed E-state index contributed by atoms with van der Waals surface area (Å²) in [6.07, 6.45) is 5.42. The molecule has 1 aromatic heterocycles. The molecular formula is C8H8BrNO2. The third-order valence-electron chi connectivity index (χ3n) is 1.61. The highest BCUT2D eigenvalue weighted by Gasteiger charge is 2.24. The van der Waals surface area contributed by atoms with Crippen molar-refractivity contribution >= 4 is 15.9 Å². The zero-order valence-electron chi connectivity index (χ0n) is 6.37. The monoisotopic (exact) mass is 229 g/mol. The molecule has 64 valence electrons. The first-order valence-corrected chi connectivity index (χ1v) is 4.59. The zero-order valence-corrected chi connectivity index (χ0v) is 7.95. The minimum absolute atomic E-state index is 0.333. The van der Waals surface area contributed by atoms with Gasteiger partial charge < -0.3 is 9.94 Å². The van der Waals surface area contributed by atoms with Crippen molar-refractivity contribution in [1.29, 1.82) is 0 Å². The van der Waals surface area contributed by atoms with Crippen LogP contribution in [0.15, 0.2) is 22.9 Å². The largest absolute Gasteiger partial charge is 0.619 e. The van der Waals surface area contributed by atoms with Gasteiger partial charge in [0.05, 0.1) is 10.6 Å². The van der Waals surface area contributed by atoms with Gasteiger partial charge in [-0.15, -0.1) is 0 Å². The predicted octanol–water partition coefficient (Wildman–Crippen LogP) is 1.62. The molecule has 0 atom stereocenters. The Bertz CT molecular complexity index is 279. The number of rotatable bonds is 2. The molecule has 12 heavy (non-hydrogen) atoms. The number of hydrogen-bond acceptors (Lipinski definition) is 2. The van der Waals surface area contributed by atoms with E-state index in [0.717, 1.165) is 22.0 Å². The van der Waals surface area contributed by atoms with E-state index >= 15 is 0 Å². The van der Waals surface area contributed by atoms with Crippen LogP contribution in [-0.4, -0.2) is 6.10 Å². The van der Waals surface area contributed by atoms with E-state index < -0.39 is 0 Å². The van der Waals surface area contributed by atoms with Crippen molar-refractivity contribution < 1.29 is 9.47 Å². The summed E-state index contributed by atoms with van der Waals surface area (Å²) in [7, 11) is 0. The second-order valence-corrected chi connectivity index (χ2v) is 3.78. The van der Waals surface area contributed by atoms with Crippen LogP contribution in [0.1, 0.15) is 12.8 Å². The van der Waals surface area contributed by atoms with Crippen LogP contribution in [0.5, 0.6) is 5.75 Å². The molecule has 0 aromatic carbocycles. The minimum atomic E-state index is 0.333. The van der Waals surface area contributed by atoms with E-state index in [9.17, 15) is 5.21 Å². The van der Waals surface area contributed by atoms with Gasteiger partial charge in [-0.25, -0.2) is 0 Å². The van der Waals surface area contributed by atoms with Gasteiger partial charge >= 0.3 is 0 Å². The molecule has 1 aliphatic carbocycles. The summed E-state index contributed by atoms with van der Waals surface area (Å²) in [5.41, 5.74) is 0. The summed E-state index contributed by atoms with van der Waals surface area (Å²) in [4.78, 5) is 0. The predicted molar refractivity (Wildman–Crippen MR) is 46.8 cm³/mol. The Morgan fingerprint density at radius 3 is 2.83 bits per heavy atom. The molecule has 2 rings (SSSR count). The van der Waals surface area contributed by atoms with E-state index in [4.69, 9.17) is 4.74 Å². The van der Waals surface area contributed by atoms with Crippen LogP contribution in [-0.2, 0) is 0 Å². The normalized spacial score (nSPS) is 16.1. The smallest absolute Gasteiger partial charge is 0.222 e. The molecule has 0 aliphatic heterocycles. The number of ether oxygens (including phenoxy) is 1. The molecular weight excluding hydrogens is 222 g/mol. The standard InChI is InChI=1S/C8H8BrNO2/c9-6-3-8(5-10(11)4-6)12-7-1-2-7/h3-5,7H,1-2H2. The van der Waals surface area contributed by atoms with E-state index in [-0.39, 0.29) is 0 Å². The lowest BCUT2D eigenvalue weighted by atomic mass is 10.5. The van der Waals surface area contributed by atoms with Crippen LogP contribution >= 0.6 is 15.9 Å². The van der Waals surface area contributed by atoms with Gasteiger partial charge in [0.15, 0.2) is 11.9 Å². The summed E-state index contributed by atoms with van der Waals surface area (Å²) < 4.78 is 6.92. The third-order valence-corrected chi connectivity index (χ3v) is 2.05. The number of pyridine rings is 1. The molecule has 1 saturated carbocycles. The van der Waals surface area contributed by atoms with Gasteiger partial charge in [0, 0.05) is 6.07 Å². The lowest BCUT2D eigenvalue weighted by Gasteiger charge is -2.03. The topological polar surface area (TPSA) is 36.2 Å². The van der Waals surface area contributed by atoms with E-state index in [1.807, 2.05) is 0 Å². The fourth-order valence-corrected chi connectivity index (χ4v) is 1.36. The van der Waals surface area contributed by atoms with Gasteiger partial charge in [0.2, 0.25) is 6.20 Å². The summed E-state index contributed by atoms with van der Waals surface area (Å²) in [5.74, 6) is 0.641. The highest BCUT2D eigenvalue weighted by atomic mass is 79.9. The van der Waals surface area contributed by atoms with Gasteiger partial charge in [0.25, 0.3) is 0 Å². The Morgan fingerprint density at radius 2 is 2.25 bits per heavy atom. The van der Waals surface area contributed by atoms with E-state index in [1.54, 1.807) is 6.07 Å². The van der Waals surface area contributed by atoms with Gasteiger partial charge in [-0.1, -0.05) is 0 Å². The van der Waals surface area contributed by atoms with Crippen molar-refractivity contribution in [1.82, 2.24) is 0 Å². The van der Waals surface area contributed by atoms with E-state index in [2.05, 4.69) is 15.9 Å². The number of nitrogens with zero attached hydrogens (tertiary/aromatic N) is 1. The summed E-state index contributed by atoms with van der Waals surface area (Å²) in [6, 6.07) is 1.80. The SMILES string of the molecule is [O-][n+]1cc(Br)cc(OC2CC2)c1. The first kappa shape index (κ1) is 7.86. The van der Waals surface area contributed by atoms with Crippen LogP contribution in [0.25, 0.3) is 0 Å². The molecule has 3 nitrogen and oxygen atoms in total. The third kappa shape index (κ3) is 1.88. The lowest BCUT2D eigenvalue weighted by Crippen LogP contribution is -2.24. The van der Waals surface area contributed by atoms with Crippen molar-refractivity contribution in [2.45, 2.75) is 18.9 Å². The van der Waals surface area contributed by atoms with Crippen LogP contribution < -0.4 is 9.47 Å². The Balaban J connectivity index is 2.18. The van der Waals surface area contributed by atoms with Gasteiger partial charge in [-0.3, -0.25) is 0 Å². The fourth-order valence-electron chi connectivity index (χ4n) is 0.937. The maximum atomic E-state index is 10.9. The maximum Gasteiger partial charge on any atom is 0.222 e. The molecule has 0 spiro atoms. The molecule has 0 N–H and O–H groups in total. The van der Waals surface area contributed by atoms with Gasteiger partial charge in [-0.2, -0.15) is 4.73 Å². The van der Waals surface area contributed by atoms with Gasteiger partial charge in [-0.05, 0) is 28.8 Å². The van der Waals surface area contributed by atoms with Crippen LogP contribution in [0.2, 0.25) is 0 Å². The Kier molecular flexibility index (Phi) is 1.92.